The first-order chi connectivity index (χ1) is 6.77. The van der Waals surface area contributed by atoms with Crippen molar-refractivity contribution >= 4 is 5.97 Å². The summed E-state index contributed by atoms with van der Waals surface area (Å²) < 4.78 is 5.24. The van der Waals surface area contributed by atoms with Crippen molar-refractivity contribution in [2.24, 2.45) is 0 Å². The number of hydrogen-bond acceptors (Lipinski definition) is 2. The van der Waals surface area contributed by atoms with Crippen molar-refractivity contribution in [3.05, 3.63) is 48.6 Å². The minimum Gasteiger partial charge on any atom is -0.453 e. The van der Waals surface area contributed by atoms with Crippen LogP contribution < -0.4 is 0 Å². The molecule has 0 unspecified atom stereocenters. The van der Waals surface area contributed by atoms with Crippen LogP contribution in [0.2, 0.25) is 0 Å². The van der Waals surface area contributed by atoms with Gasteiger partial charge in [0.1, 0.15) is 0 Å². The largest absolute Gasteiger partial charge is 0.453 e. The highest BCUT2D eigenvalue weighted by Crippen LogP contribution is 2.41. The molecule has 0 spiro atoms. The quantitative estimate of drug-likeness (QED) is 0.538. The fraction of sp³-hybridized carbons (Fsp3) is 0.250. The van der Waals surface area contributed by atoms with Crippen LogP contribution in [-0.4, -0.2) is 5.97 Å². The van der Waals surface area contributed by atoms with Crippen LogP contribution in [-0.2, 0) is 15.1 Å². The van der Waals surface area contributed by atoms with Crippen molar-refractivity contribution in [2.45, 2.75) is 18.4 Å². The van der Waals surface area contributed by atoms with Crippen LogP contribution in [0.4, 0.5) is 0 Å². The zero-order valence-corrected chi connectivity index (χ0v) is 7.90. The number of cyclic esters (lactones) is 1. The Kier molecular flexibility index (Phi) is 2.12. The van der Waals surface area contributed by atoms with E-state index in [2.05, 4.69) is 6.58 Å². The topological polar surface area (TPSA) is 26.3 Å². The molecule has 0 radical (unpaired) electrons. The monoisotopic (exact) mass is 188 g/mol. The summed E-state index contributed by atoms with van der Waals surface area (Å²) in [6.07, 6.45) is 2.94. The van der Waals surface area contributed by atoms with Gasteiger partial charge in [0.15, 0.2) is 5.60 Å². The molecule has 1 saturated heterocycles. The van der Waals surface area contributed by atoms with Crippen LogP contribution in [0.3, 0.4) is 0 Å². The maximum Gasteiger partial charge on any atom is 0.311 e. The fourth-order valence-electron chi connectivity index (χ4n) is 1.81. The Morgan fingerprint density at radius 2 is 2.07 bits per heavy atom. The van der Waals surface area contributed by atoms with E-state index in [4.69, 9.17) is 4.74 Å². The van der Waals surface area contributed by atoms with E-state index in [0.29, 0.717) is 12.8 Å². The van der Waals surface area contributed by atoms with E-state index in [9.17, 15) is 4.79 Å². The van der Waals surface area contributed by atoms with Gasteiger partial charge in [0.05, 0.1) is 6.42 Å². The Bertz CT molecular complexity index is 340. The molecule has 1 atom stereocenters. The van der Waals surface area contributed by atoms with Crippen molar-refractivity contribution in [2.75, 3.05) is 0 Å². The van der Waals surface area contributed by atoms with Crippen molar-refractivity contribution in [3.8, 4) is 0 Å². The average Bonchev–Trinajstić information content (AvgIpc) is 2.17. The summed E-state index contributed by atoms with van der Waals surface area (Å²) in [7, 11) is 0. The predicted octanol–water partition coefficient (Wildman–Crippen LogP) is 2.40. The molecule has 0 N–H and O–H groups in total. The molecule has 0 amide bonds. The molecule has 2 rings (SSSR count). The zero-order chi connectivity index (χ0) is 10.0. The smallest absolute Gasteiger partial charge is 0.311 e. The van der Waals surface area contributed by atoms with Gasteiger partial charge >= 0.3 is 5.97 Å². The van der Waals surface area contributed by atoms with Crippen LogP contribution in [0, 0.1) is 0 Å². The maximum absolute atomic E-state index is 10.9. The van der Waals surface area contributed by atoms with E-state index in [1.165, 1.54) is 0 Å². The molecule has 2 nitrogen and oxygen atoms in total. The van der Waals surface area contributed by atoms with Gasteiger partial charge in [-0.25, -0.2) is 0 Å². The summed E-state index contributed by atoms with van der Waals surface area (Å²) >= 11 is 0. The minimum atomic E-state index is -0.430. The van der Waals surface area contributed by atoms with Gasteiger partial charge in [-0.3, -0.25) is 4.79 Å². The first-order valence-electron chi connectivity index (χ1n) is 4.65. The molecular weight excluding hydrogens is 176 g/mol. The normalized spacial score (nSPS) is 25.0. The number of hydrogen-bond donors (Lipinski definition) is 0. The number of carbonyl (C=O) groups is 1. The third kappa shape index (κ3) is 1.33. The van der Waals surface area contributed by atoms with E-state index in [0.717, 1.165) is 5.56 Å². The van der Waals surface area contributed by atoms with Crippen LogP contribution in [0.25, 0.3) is 0 Å². The van der Waals surface area contributed by atoms with Crippen molar-refractivity contribution in [1.82, 2.24) is 0 Å². The molecule has 1 fully saturated rings. The lowest BCUT2D eigenvalue weighted by Gasteiger charge is -2.40. The lowest BCUT2D eigenvalue weighted by atomic mass is 9.83. The summed E-state index contributed by atoms with van der Waals surface area (Å²) in [4.78, 5) is 10.9. The first-order valence-corrected chi connectivity index (χ1v) is 4.65. The average molecular weight is 188 g/mol. The molecule has 1 heterocycles. The molecule has 0 aromatic heterocycles. The van der Waals surface area contributed by atoms with Crippen LogP contribution in [0.5, 0.6) is 0 Å². The first kappa shape index (κ1) is 9.00. The van der Waals surface area contributed by atoms with Crippen molar-refractivity contribution in [3.63, 3.8) is 0 Å². The van der Waals surface area contributed by atoms with Crippen molar-refractivity contribution < 1.29 is 9.53 Å². The number of rotatable bonds is 3. The fourth-order valence-corrected chi connectivity index (χ4v) is 1.81. The van der Waals surface area contributed by atoms with Crippen LogP contribution in [0.15, 0.2) is 43.0 Å². The van der Waals surface area contributed by atoms with E-state index >= 15 is 0 Å². The second-order valence-electron chi connectivity index (χ2n) is 3.50. The van der Waals surface area contributed by atoms with Gasteiger partial charge in [-0.15, -0.1) is 6.58 Å². The predicted molar refractivity (Wildman–Crippen MR) is 53.6 cm³/mol. The third-order valence-electron chi connectivity index (χ3n) is 2.51. The van der Waals surface area contributed by atoms with E-state index in [-0.39, 0.29) is 5.97 Å². The number of benzene rings is 1. The summed E-state index contributed by atoms with van der Waals surface area (Å²) in [5, 5.41) is 0. The highest BCUT2D eigenvalue weighted by molar-refractivity contribution is 5.77. The van der Waals surface area contributed by atoms with Crippen LogP contribution >= 0.6 is 0 Å². The summed E-state index contributed by atoms with van der Waals surface area (Å²) in [6.45, 7) is 3.69. The summed E-state index contributed by atoms with van der Waals surface area (Å²) in [5.74, 6) is -0.129. The summed E-state index contributed by atoms with van der Waals surface area (Å²) in [6, 6.07) is 9.82. The van der Waals surface area contributed by atoms with Crippen molar-refractivity contribution in [1.29, 1.82) is 0 Å². The molecule has 2 heteroatoms. The van der Waals surface area contributed by atoms with Gasteiger partial charge in [0.25, 0.3) is 0 Å². The highest BCUT2D eigenvalue weighted by Gasteiger charge is 2.46. The molecular formula is C12H12O2. The standard InChI is InChI=1S/C12H12O2/c1-2-8-12(9-11(13)14-12)10-6-4-3-5-7-10/h2-7H,1,8-9H2/t12-/m0/s1. The molecule has 0 aliphatic carbocycles. The molecule has 1 aliphatic heterocycles. The molecule has 0 saturated carbocycles. The highest BCUT2D eigenvalue weighted by atomic mass is 16.6. The second kappa shape index (κ2) is 3.29. The minimum absolute atomic E-state index is 0.129. The second-order valence-corrected chi connectivity index (χ2v) is 3.50. The SMILES string of the molecule is C=CC[C@@]1(c2ccccc2)CC(=O)O1. The molecule has 14 heavy (non-hydrogen) atoms. The summed E-state index contributed by atoms with van der Waals surface area (Å²) in [5.41, 5.74) is 0.625. The maximum atomic E-state index is 10.9. The van der Waals surface area contributed by atoms with Gasteiger partial charge in [-0.05, 0) is 5.56 Å². The van der Waals surface area contributed by atoms with Gasteiger partial charge in [0, 0.05) is 6.42 Å². The van der Waals surface area contributed by atoms with Gasteiger partial charge < -0.3 is 4.74 Å². The van der Waals surface area contributed by atoms with E-state index < -0.39 is 5.60 Å². The zero-order valence-electron chi connectivity index (χ0n) is 7.90. The molecule has 72 valence electrons. The molecule has 1 aliphatic rings. The molecule has 0 bridgehead atoms. The van der Waals surface area contributed by atoms with Gasteiger partial charge in [0.2, 0.25) is 0 Å². The number of carbonyl (C=O) groups excluding carboxylic acids is 1. The Morgan fingerprint density at radius 1 is 1.43 bits per heavy atom. The lowest BCUT2D eigenvalue weighted by Crippen LogP contribution is -2.44. The third-order valence-corrected chi connectivity index (χ3v) is 2.51. The molecule has 1 aromatic rings. The Balaban J connectivity index is 2.29. The Morgan fingerprint density at radius 3 is 2.57 bits per heavy atom. The molecule has 1 aromatic carbocycles. The lowest BCUT2D eigenvalue weighted by molar-refractivity contribution is -0.193. The van der Waals surface area contributed by atoms with Crippen LogP contribution in [0.1, 0.15) is 18.4 Å². The number of ether oxygens (including phenoxy) is 1. The van der Waals surface area contributed by atoms with E-state index in [1.807, 2.05) is 30.3 Å². The van der Waals surface area contributed by atoms with E-state index in [1.54, 1.807) is 6.08 Å². The van der Waals surface area contributed by atoms with Gasteiger partial charge in [-0.1, -0.05) is 36.4 Å². The Labute approximate surface area is 83.2 Å². The van der Waals surface area contributed by atoms with Gasteiger partial charge in [-0.2, -0.15) is 0 Å². The number of esters is 1. The Hall–Kier alpha value is -1.57.